The standard InChI is InChI=1S/C17H22N2O/c1-11-9-12(2)16(15(10-11)20-5)17(18-4)14-8-6-7-13(3)19-14/h6-10,17-18H,1-5H3. The average molecular weight is 270 g/mol. The molecule has 1 N–H and O–H groups in total. The number of methoxy groups -OCH3 is 1. The van der Waals surface area contributed by atoms with Gasteiger partial charge in [-0.15, -0.1) is 0 Å². The van der Waals surface area contributed by atoms with Gasteiger partial charge < -0.3 is 10.1 Å². The molecule has 1 unspecified atom stereocenters. The van der Waals surface area contributed by atoms with Crippen LogP contribution in [-0.4, -0.2) is 19.1 Å². The number of pyridine rings is 1. The lowest BCUT2D eigenvalue weighted by atomic mass is 9.95. The summed E-state index contributed by atoms with van der Waals surface area (Å²) in [6, 6.07) is 10.4. The summed E-state index contributed by atoms with van der Waals surface area (Å²) in [5, 5.41) is 3.35. The second kappa shape index (κ2) is 6.06. The molecule has 3 nitrogen and oxygen atoms in total. The molecule has 0 fully saturated rings. The zero-order chi connectivity index (χ0) is 14.7. The number of hydrogen-bond acceptors (Lipinski definition) is 3. The van der Waals surface area contributed by atoms with E-state index in [1.54, 1.807) is 7.11 Å². The smallest absolute Gasteiger partial charge is 0.124 e. The molecule has 106 valence electrons. The Morgan fingerprint density at radius 3 is 2.50 bits per heavy atom. The van der Waals surface area contributed by atoms with Crippen molar-refractivity contribution < 1.29 is 4.74 Å². The van der Waals surface area contributed by atoms with Crippen molar-refractivity contribution in [1.29, 1.82) is 0 Å². The lowest BCUT2D eigenvalue weighted by Crippen LogP contribution is -2.21. The minimum atomic E-state index is 0.0328. The first-order valence-electron chi connectivity index (χ1n) is 6.82. The summed E-state index contributed by atoms with van der Waals surface area (Å²) >= 11 is 0. The molecule has 0 amide bonds. The normalized spacial score (nSPS) is 12.2. The maximum Gasteiger partial charge on any atom is 0.124 e. The quantitative estimate of drug-likeness (QED) is 0.925. The van der Waals surface area contributed by atoms with Crippen LogP contribution in [0.2, 0.25) is 0 Å². The third-order valence-electron chi connectivity index (χ3n) is 3.50. The van der Waals surface area contributed by atoms with Crippen molar-refractivity contribution in [2.24, 2.45) is 0 Å². The van der Waals surface area contributed by atoms with E-state index in [0.29, 0.717) is 0 Å². The number of aryl methyl sites for hydroxylation is 3. The lowest BCUT2D eigenvalue weighted by molar-refractivity contribution is 0.404. The van der Waals surface area contributed by atoms with Crippen LogP contribution in [0.4, 0.5) is 0 Å². The summed E-state index contributed by atoms with van der Waals surface area (Å²) < 4.78 is 5.57. The molecular weight excluding hydrogens is 248 g/mol. The Morgan fingerprint density at radius 2 is 1.90 bits per heavy atom. The number of hydrogen-bond donors (Lipinski definition) is 1. The summed E-state index contributed by atoms with van der Waals surface area (Å²) in [5.74, 6) is 0.908. The Labute approximate surface area is 121 Å². The molecule has 20 heavy (non-hydrogen) atoms. The first-order valence-corrected chi connectivity index (χ1v) is 6.82. The SMILES string of the molecule is CNC(c1cccc(C)n1)c1c(C)cc(C)cc1OC. The van der Waals surface area contributed by atoms with Gasteiger partial charge in [0.25, 0.3) is 0 Å². The van der Waals surface area contributed by atoms with E-state index in [4.69, 9.17) is 4.74 Å². The monoisotopic (exact) mass is 270 g/mol. The minimum absolute atomic E-state index is 0.0328. The van der Waals surface area contributed by atoms with Gasteiger partial charge in [-0.05, 0) is 57.1 Å². The molecule has 0 aliphatic heterocycles. The van der Waals surface area contributed by atoms with E-state index < -0.39 is 0 Å². The summed E-state index contributed by atoms with van der Waals surface area (Å²) in [4.78, 5) is 4.64. The Balaban J connectivity index is 2.57. The van der Waals surface area contributed by atoms with Crippen LogP contribution in [0.3, 0.4) is 0 Å². The van der Waals surface area contributed by atoms with Gasteiger partial charge in [0.2, 0.25) is 0 Å². The summed E-state index contributed by atoms with van der Waals surface area (Å²) in [6.45, 7) is 6.21. The number of ether oxygens (including phenoxy) is 1. The fourth-order valence-corrected chi connectivity index (χ4v) is 2.64. The molecule has 0 aliphatic rings. The molecule has 0 saturated carbocycles. The van der Waals surface area contributed by atoms with Crippen molar-refractivity contribution in [2.75, 3.05) is 14.2 Å². The third-order valence-corrected chi connectivity index (χ3v) is 3.50. The Hall–Kier alpha value is -1.87. The second-order valence-electron chi connectivity index (χ2n) is 5.12. The van der Waals surface area contributed by atoms with Crippen LogP contribution >= 0.6 is 0 Å². The molecule has 3 heteroatoms. The number of benzene rings is 1. The fraction of sp³-hybridized carbons (Fsp3) is 0.353. The van der Waals surface area contributed by atoms with Crippen LogP contribution in [0.15, 0.2) is 30.3 Å². The number of aromatic nitrogens is 1. The van der Waals surface area contributed by atoms with Crippen molar-refractivity contribution in [2.45, 2.75) is 26.8 Å². The Kier molecular flexibility index (Phi) is 4.40. The minimum Gasteiger partial charge on any atom is -0.496 e. The van der Waals surface area contributed by atoms with E-state index in [1.165, 1.54) is 11.1 Å². The molecule has 2 aromatic rings. The lowest BCUT2D eigenvalue weighted by Gasteiger charge is -2.22. The molecule has 1 aromatic carbocycles. The zero-order valence-electron chi connectivity index (χ0n) is 12.8. The molecule has 0 aliphatic carbocycles. The van der Waals surface area contributed by atoms with E-state index in [0.717, 1.165) is 22.7 Å². The number of nitrogens with zero attached hydrogens (tertiary/aromatic N) is 1. The topological polar surface area (TPSA) is 34.2 Å². The third kappa shape index (κ3) is 2.83. The zero-order valence-corrected chi connectivity index (χ0v) is 12.8. The van der Waals surface area contributed by atoms with Crippen molar-refractivity contribution in [3.63, 3.8) is 0 Å². The molecular formula is C17H22N2O. The highest BCUT2D eigenvalue weighted by atomic mass is 16.5. The molecule has 1 heterocycles. The van der Waals surface area contributed by atoms with Gasteiger partial charge in [-0.2, -0.15) is 0 Å². The van der Waals surface area contributed by atoms with Crippen LogP contribution in [0.25, 0.3) is 0 Å². The van der Waals surface area contributed by atoms with Crippen LogP contribution in [-0.2, 0) is 0 Å². The highest BCUT2D eigenvalue weighted by molar-refractivity contribution is 5.47. The van der Waals surface area contributed by atoms with Crippen LogP contribution in [0.1, 0.15) is 34.1 Å². The highest BCUT2D eigenvalue weighted by Crippen LogP contribution is 2.33. The predicted molar refractivity (Wildman–Crippen MR) is 82.3 cm³/mol. The Morgan fingerprint density at radius 1 is 1.15 bits per heavy atom. The second-order valence-corrected chi connectivity index (χ2v) is 5.12. The molecule has 0 spiro atoms. The molecule has 0 saturated heterocycles. The molecule has 1 atom stereocenters. The van der Waals surface area contributed by atoms with E-state index in [1.807, 2.05) is 32.2 Å². The van der Waals surface area contributed by atoms with Crippen LogP contribution < -0.4 is 10.1 Å². The maximum atomic E-state index is 5.57. The van der Waals surface area contributed by atoms with Crippen molar-refractivity contribution in [3.05, 3.63) is 58.4 Å². The van der Waals surface area contributed by atoms with E-state index >= 15 is 0 Å². The van der Waals surface area contributed by atoms with Crippen molar-refractivity contribution in [1.82, 2.24) is 10.3 Å². The van der Waals surface area contributed by atoms with Gasteiger partial charge in [0.1, 0.15) is 5.75 Å². The Bertz CT molecular complexity index is 608. The van der Waals surface area contributed by atoms with Gasteiger partial charge >= 0.3 is 0 Å². The average Bonchev–Trinajstić information content (AvgIpc) is 2.41. The molecule has 2 rings (SSSR count). The van der Waals surface area contributed by atoms with Gasteiger partial charge in [-0.25, -0.2) is 0 Å². The van der Waals surface area contributed by atoms with Crippen LogP contribution in [0, 0.1) is 20.8 Å². The van der Waals surface area contributed by atoms with Gasteiger partial charge in [0.15, 0.2) is 0 Å². The van der Waals surface area contributed by atoms with E-state index in [-0.39, 0.29) is 6.04 Å². The summed E-state index contributed by atoms with van der Waals surface area (Å²) in [5.41, 5.74) is 5.60. The molecule has 1 aromatic heterocycles. The van der Waals surface area contributed by atoms with E-state index in [9.17, 15) is 0 Å². The number of rotatable bonds is 4. The number of nitrogens with one attached hydrogen (secondary N) is 1. The molecule has 0 radical (unpaired) electrons. The van der Waals surface area contributed by atoms with Crippen LogP contribution in [0.5, 0.6) is 5.75 Å². The van der Waals surface area contributed by atoms with E-state index in [2.05, 4.69) is 36.3 Å². The van der Waals surface area contributed by atoms with Gasteiger partial charge in [0, 0.05) is 11.3 Å². The van der Waals surface area contributed by atoms with Gasteiger partial charge in [0.05, 0.1) is 18.8 Å². The summed E-state index contributed by atoms with van der Waals surface area (Å²) in [6.07, 6.45) is 0. The van der Waals surface area contributed by atoms with Gasteiger partial charge in [-0.3, -0.25) is 4.98 Å². The molecule has 0 bridgehead atoms. The highest BCUT2D eigenvalue weighted by Gasteiger charge is 2.20. The maximum absolute atomic E-state index is 5.57. The fourth-order valence-electron chi connectivity index (χ4n) is 2.64. The van der Waals surface area contributed by atoms with Crippen molar-refractivity contribution >= 4 is 0 Å². The largest absolute Gasteiger partial charge is 0.496 e. The first-order chi connectivity index (χ1) is 9.56. The summed E-state index contributed by atoms with van der Waals surface area (Å²) in [7, 11) is 3.67. The predicted octanol–water partition coefficient (Wildman–Crippen LogP) is 3.32. The van der Waals surface area contributed by atoms with Crippen molar-refractivity contribution in [3.8, 4) is 5.75 Å². The van der Waals surface area contributed by atoms with Gasteiger partial charge in [-0.1, -0.05) is 12.1 Å². The first kappa shape index (κ1) is 14.5.